The summed E-state index contributed by atoms with van der Waals surface area (Å²) in [6.45, 7) is 4.86. The fraction of sp³-hybridized carbons (Fsp3) is 0.258. The number of urea groups is 1. The van der Waals surface area contributed by atoms with E-state index in [1.54, 1.807) is 12.1 Å². The van der Waals surface area contributed by atoms with E-state index >= 15 is 0 Å². The quantitative estimate of drug-likeness (QED) is 0.146. The molecule has 8 nitrogen and oxygen atoms in total. The molecule has 2 heterocycles. The Morgan fingerprint density at radius 2 is 1.86 bits per heavy atom. The van der Waals surface area contributed by atoms with Crippen LogP contribution in [0.25, 0.3) is 17.1 Å². The Bertz CT molecular complexity index is 1670. The second-order valence-electron chi connectivity index (χ2n) is 9.92. The molecule has 0 radical (unpaired) electrons. The Balaban J connectivity index is 1.22. The topological polar surface area (TPSA) is 85.0 Å². The number of benzene rings is 3. The van der Waals surface area contributed by atoms with Gasteiger partial charge in [0.25, 0.3) is 0 Å². The van der Waals surface area contributed by atoms with E-state index < -0.39 is 18.6 Å². The number of carbonyl (C=O) groups excluding carboxylic acids is 1. The van der Waals surface area contributed by atoms with Gasteiger partial charge >= 0.3 is 12.4 Å². The van der Waals surface area contributed by atoms with Crippen molar-refractivity contribution in [2.75, 3.05) is 17.2 Å². The van der Waals surface area contributed by atoms with Gasteiger partial charge in [0.15, 0.2) is 17.2 Å². The molecule has 13 heteroatoms. The van der Waals surface area contributed by atoms with Crippen molar-refractivity contribution in [1.82, 2.24) is 14.8 Å². The summed E-state index contributed by atoms with van der Waals surface area (Å²) in [4.78, 5) is 26.7. The second-order valence-corrected chi connectivity index (χ2v) is 11.0. The molecule has 44 heavy (non-hydrogen) atoms. The second kappa shape index (κ2) is 13.4. The van der Waals surface area contributed by atoms with Crippen molar-refractivity contribution in [1.29, 1.82) is 0 Å². The molecule has 1 aromatic heterocycles. The van der Waals surface area contributed by atoms with Crippen LogP contribution in [0.15, 0.2) is 83.0 Å². The number of nitrogens with zero attached hydrogens (tertiary/aromatic N) is 6. The zero-order valence-electron chi connectivity index (χ0n) is 23.8. The van der Waals surface area contributed by atoms with E-state index in [0.29, 0.717) is 22.2 Å². The van der Waals surface area contributed by atoms with Crippen LogP contribution >= 0.6 is 11.8 Å². The van der Waals surface area contributed by atoms with Gasteiger partial charge in [-0.2, -0.15) is 4.99 Å². The lowest BCUT2D eigenvalue weighted by atomic mass is 10.0. The lowest BCUT2D eigenvalue weighted by molar-refractivity contribution is -0.274. The van der Waals surface area contributed by atoms with Crippen molar-refractivity contribution in [3.05, 3.63) is 89.7 Å². The number of amidine groups is 1. The van der Waals surface area contributed by atoms with Crippen LogP contribution in [0.5, 0.6) is 5.75 Å². The highest BCUT2D eigenvalue weighted by Crippen LogP contribution is 2.31. The molecule has 0 saturated carbocycles. The minimum absolute atomic E-state index is 0.276. The molecule has 228 valence electrons. The lowest BCUT2D eigenvalue weighted by Crippen LogP contribution is -2.25. The average Bonchev–Trinajstić information content (AvgIpc) is 3.67. The first-order chi connectivity index (χ1) is 21.1. The highest BCUT2D eigenvalue weighted by atomic mass is 32.2. The van der Waals surface area contributed by atoms with E-state index in [9.17, 15) is 22.4 Å². The average molecular weight is 625 g/mol. The molecule has 0 aliphatic carbocycles. The number of anilines is 1. The molecule has 0 bridgehead atoms. The molecule has 1 aliphatic heterocycles. The van der Waals surface area contributed by atoms with Crippen LogP contribution in [0.3, 0.4) is 0 Å². The molecular formula is C31H28F4N6O2S. The van der Waals surface area contributed by atoms with Crippen molar-refractivity contribution >= 4 is 34.9 Å². The molecule has 0 spiro atoms. The van der Waals surface area contributed by atoms with Gasteiger partial charge in [-0.15, -0.1) is 18.3 Å². The maximum atomic E-state index is 14.9. The van der Waals surface area contributed by atoms with Gasteiger partial charge in [0.1, 0.15) is 12.1 Å². The van der Waals surface area contributed by atoms with E-state index in [-0.39, 0.29) is 11.3 Å². The molecule has 5 rings (SSSR count). The molecule has 1 atom stereocenters. The molecule has 1 fully saturated rings. The molecular weight excluding hydrogens is 596 g/mol. The zero-order chi connectivity index (χ0) is 31.3. The normalized spacial score (nSPS) is 15.3. The van der Waals surface area contributed by atoms with E-state index in [1.165, 1.54) is 64.7 Å². The number of aliphatic imine (C=N–C) groups is 2. The number of alkyl halides is 4. The summed E-state index contributed by atoms with van der Waals surface area (Å²) in [6, 6.07) is 17.0. The Kier molecular flexibility index (Phi) is 9.43. The van der Waals surface area contributed by atoms with Crippen LogP contribution in [0, 0.1) is 6.92 Å². The number of rotatable bonds is 8. The lowest BCUT2D eigenvalue weighted by Gasteiger charge is -2.21. The van der Waals surface area contributed by atoms with Gasteiger partial charge in [0.05, 0.1) is 5.69 Å². The van der Waals surface area contributed by atoms with Crippen LogP contribution in [-0.4, -0.2) is 50.8 Å². The largest absolute Gasteiger partial charge is 0.573 e. The van der Waals surface area contributed by atoms with E-state index in [4.69, 9.17) is 0 Å². The van der Waals surface area contributed by atoms with E-state index in [2.05, 4.69) is 49.9 Å². The summed E-state index contributed by atoms with van der Waals surface area (Å²) in [6.07, 6.45) is -2.18. The van der Waals surface area contributed by atoms with Crippen LogP contribution in [0.4, 0.5) is 28.0 Å². The number of amides is 2. The van der Waals surface area contributed by atoms with Crippen molar-refractivity contribution in [2.45, 2.75) is 39.2 Å². The van der Waals surface area contributed by atoms with Gasteiger partial charge in [0.2, 0.25) is 0 Å². The predicted octanol–water partition coefficient (Wildman–Crippen LogP) is 7.90. The first-order valence-corrected chi connectivity index (χ1v) is 14.8. The summed E-state index contributed by atoms with van der Waals surface area (Å²) in [7, 11) is 0. The van der Waals surface area contributed by atoms with Gasteiger partial charge in [0, 0.05) is 29.8 Å². The third-order valence-corrected chi connectivity index (χ3v) is 7.61. The molecule has 1 unspecified atom stereocenters. The van der Waals surface area contributed by atoms with Crippen molar-refractivity contribution in [3.8, 4) is 22.8 Å². The fourth-order valence-corrected chi connectivity index (χ4v) is 5.53. The minimum Gasteiger partial charge on any atom is -0.406 e. The van der Waals surface area contributed by atoms with E-state index in [1.807, 2.05) is 11.8 Å². The third-order valence-electron chi connectivity index (χ3n) is 6.65. The molecule has 1 aliphatic rings. The monoisotopic (exact) mass is 624 g/mol. The Morgan fingerprint density at radius 1 is 1.11 bits per heavy atom. The molecule has 1 saturated heterocycles. The maximum absolute atomic E-state index is 14.9. The van der Waals surface area contributed by atoms with Crippen molar-refractivity contribution < 1.29 is 27.1 Å². The highest BCUT2D eigenvalue weighted by Gasteiger charge is 2.31. The number of hydrogen-bond acceptors (Lipinski definition) is 5. The summed E-state index contributed by atoms with van der Waals surface area (Å²) in [5, 5.41) is 4.89. The van der Waals surface area contributed by atoms with Crippen LogP contribution in [0.1, 0.15) is 36.2 Å². The van der Waals surface area contributed by atoms with Crippen molar-refractivity contribution in [3.63, 3.8) is 0 Å². The van der Waals surface area contributed by atoms with Crippen LogP contribution < -0.4 is 9.64 Å². The third kappa shape index (κ3) is 7.70. The predicted molar refractivity (Wildman–Crippen MR) is 164 cm³/mol. The first kappa shape index (κ1) is 30.9. The number of aromatic nitrogens is 3. The Morgan fingerprint density at radius 3 is 2.57 bits per heavy atom. The van der Waals surface area contributed by atoms with Gasteiger partial charge in [-0.1, -0.05) is 61.5 Å². The first-order valence-electron chi connectivity index (χ1n) is 13.8. The highest BCUT2D eigenvalue weighted by molar-refractivity contribution is 8.14. The number of aryl methyl sites for hydroxylation is 2. The number of ether oxygens (including phenoxy) is 1. The van der Waals surface area contributed by atoms with Gasteiger partial charge < -0.3 is 9.64 Å². The maximum Gasteiger partial charge on any atom is 0.573 e. The Hall–Kier alpha value is -4.52. The fourth-order valence-electron chi connectivity index (χ4n) is 4.59. The Labute approximate surface area is 255 Å². The number of carbonyl (C=O) groups is 1. The smallest absolute Gasteiger partial charge is 0.406 e. The molecule has 2 amide bonds. The van der Waals surface area contributed by atoms with Gasteiger partial charge in [-0.05, 0) is 60.4 Å². The molecule has 0 N–H and O–H groups in total. The van der Waals surface area contributed by atoms with Crippen molar-refractivity contribution in [2.24, 2.45) is 9.98 Å². The molecule has 3 aromatic carbocycles. The standard InChI is InChI=1S/C31H28F4N6O2S/c1-3-4-22-6-5-20(2)17-27(22)40-15-16-44-30(40)38-29(42)36-18-26(32)21-7-9-23(10-8-21)28-37-19-41(39-28)24-11-13-25(14-12-24)43-31(33,34)35/h5-14,17-19,26H,3-4,15-16H2,1-2H3. The van der Waals surface area contributed by atoms with Gasteiger partial charge in [-0.3, -0.25) is 0 Å². The summed E-state index contributed by atoms with van der Waals surface area (Å²) in [5.74, 6) is 0.763. The summed E-state index contributed by atoms with van der Waals surface area (Å²) in [5.41, 5.74) is 4.67. The summed E-state index contributed by atoms with van der Waals surface area (Å²) >= 11 is 1.47. The number of thioether (sulfide) groups is 1. The summed E-state index contributed by atoms with van der Waals surface area (Å²) < 4.78 is 57.4. The van der Waals surface area contributed by atoms with E-state index in [0.717, 1.165) is 42.6 Å². The number of halogens is 4. The minimum atomic E-state index is -4.78. The zero-order valence-corrected chi connectivity index (χ0v) is 24.6. The molecule has 4 aromatic rings. The van der Waals surface area contributed by atoms with Gasteiger partial charge in [-0.25, -0.2) is 23.8 Å². The van der Waals surface area contributed by atoms with Crippen LogP contribution in [-0.2, 0) is 6.42 Å². The number of hydrogen-bond donors (Lipinski definition) is 0. The SMILES string of the molecule is CCCc1ccc(C)cc1N1CCSC1=NC(=O)N=CC(F)c1ccc(-c2ncn(-c3ccc(OC(F)(F)F)cc3)n2)cc1. The van der Waals surface area contributed by atoms with Crippen LogP contribution in [0.2, 0.25) is 0 Å².